The molecular formula is C32H32F4N2O6. The first-order chi connectivity index (χ1) is 20.9. The summed E-state index contributed by atoms with van der Waals surface area (Å²) in [7, 11) is 1.41. The summed E-state index contributed by atoms with van der Waals surface area (Å²) < 4.78 is 69.5. The third-order valence-corrected chi connectivity index (χ3v) is 6.97. The van der Waals surface area contributed by atoms with E-state index >= 15 is 0 Å². The van der Waals surface area contributed by atoms with Crippen molar-refractivity contribution in [2.45, 2.75) is 57.7 Å². The average molecular weight is 617 g/mol. The Hall–Kier alpha value is -4.45. The first kappa shape index (κ1) is 32.5. The number of carbonyl (C=O) groups excluding carboxylic acids is 3. The molecule has 44 heavy (non-hydrogen) atoms. The van der Waals surface area contributed by atoms with Crippen LogP contribution in [-0.4, -0.2) is 54.8 Å². The Kier molecular flexibility index (Phi) is 10.3. The Bertz CT molecular complexity index is 1500. The van der Waals surface area contributed by atoms with Crippen molar-refractivity contribution in [3.63, 3.8) is 0 Å². The topological polar surface area (TPSA) is 94.2 Å². The molecule has 1 aliphatic rings. The lowest BCUT2D eigenvalue weighted by Crippen LogP contribution is -2.47. The number of imide groups is 1. The minimum absolute atomic E-state index is 0.0553. The van der Waals surface area contributed by atoms with Crippen molar-refractivity contribution in [2.24, 2.45) is 0 Å². The van der Waals surface area contributed by atoms with Crippen molar-refractivity contribution in [3.8, 4) is 5.75 Å². The van der Waals surface area contributed by atoms with E-state index in [0.29, 0.717) is 29.4 Å². The van der Waals surface area contributed by atoms with Crippen molar-refractivity contribution >= 4 is 17.9 Å². The number of halogens is 4. The second-order valence-electron chi connectivity index (χ2n) is 10.5. The number of alkyl halides is 3. The van der Waals surface area contributed by atoms with Crippen LogP contribution in [0.2, 0.25) is 0 Å². The summed E-state index contributed by atoms with van der Waals surface area (Å²) in [6, 6.07) is 15.6. The second kappa shape index (κ2) is 13.9. The maximum Gasteiger partial charge on any atom is 0.417 e. The molecule has 3 aromatic carbocycles. The van der Waals surface area contributed by atoms with Gasteiger partial charge in [0.15, 0.2) is 0 Å². The van der Waals surface area contributed by atoms with E-state index in [1.165, 1.54) is 7.11 Å². The van der Waals surface area contributed by atoms with Gasteiger partial charge in [-0.05, 0) is 55.7 Å². The van der Waals surface area contributed by atoms with Crippen molar-refractivity contribution in [1.82, 2.24) is 10.2 Å². The zero-order valence-electron chi connectivity index (χ0n) is 24.3. The largest absolute Gasteiger partial charge is 0.496 e. The molecule has 1 N–H and O–H groups in total. The number of cyclic esters (lactones) is 1. The highest BCUT2D eigenvalue weighted by Crippen LogP contribution is 2.30. The quantitative estimate of drug-likeness (QED) is 0.278. The molecule has 0 saturated carbocycles. The van der Waals surface area contributed by atoms with Crippen LogP contribution in [0.1, 0.15) is 46.5 Å². The van der Waals surface area contributed by atoms with Crippen LogP contribution >= 0.6 is 0 Å². The Morgan fingerprint density at radius 1 is 1.05 bits per heavy atom. The molecule has 0 bridgehead atoms. The molecule has 1 heterocycles. The molecule has 0 spiro atoms. The minimum atomic E-state index is -4.75. The Balaban J connectivity index is 1.51. The molecule has 3 amide bonds. The zero-order valence-corrected chi connectivity index (χ0v) is 24.3. The molecule has 8 nitrogen and oxygen atoms in total. The molecule has 1 fully saturated rings. The second-order valence-corrected chi connectivity index (χ2v) is 10.5. The van der Waals surface area contributed by atoms with E-state index in [9.17, 15) is 31.9 Å². The normalized spacial score (nSPS) is 15.7. The third-order valence-electron chi connectivity index (χ3n) is 6.97. The molecule has 3 aromatic rings. The van der Waals surface area contributed by atoms with Gasteiger partial charge in [0.25, 0.3) is 11.8 Å². The molecule has 1 unspecified atom stereocenters. The van der Waals surface area contributed by atoms with Gasteiger partial charge in [-0.25, -0.2) is 14.1 Å². The number of methoxy groups -OCH3 is 1. The smallest absolute Gasteiger partial charge is 0.417 e. The van der Waals surface area contributed by atoms with Crippen molar-refractivity contribution in [3.05, 3.63) is 100 Å². The van der Waals surface area contributed by atoms with Gasteiger partial charge in [-0.2, -0.15) is 13.2 Å². The summed E-state index contributed by atoms with van der Waals surface area (Å²) in [6.07, 6.45) is -6.42. The summed E-state index contributed by atoms with van der Waals surface area (Å²) in [6.45, 7) is 3.43. The number of ether oxygens (including phenoxy) is 3. The molecule has 1 saturated heterocycles. The lowest BCUT2D eigenvalue weighted by atomic mass is 10.0. The van der Waals surface area contributed by atoms with Gasteiger partial charge >= 0.3 is 12.3 Å². The van der Waals surface area contributed by atoms with Crippen molar-refractivity contribution in [1.29, 1.82) is 0 Å². The molecule has 0 aliphatic carbocycles. The fourth-order valence-electron chi connectivity index (χ4n) is 4.90. The van der Waals surface area contributed by atoms with Crippen LogP contribution in [0.5, 0.6) is 5.75 Å². The van der Waals surface area contributed by atoms with E-state index in [1.54, 1.807) is 32.0 Å². The summed E-state index contributed by atoms with van der Waals surface area (Å²) in [5.41, 5.74) is 0.257. The molecule has 4 rings (SSSR count). The lowest BCUT2D eigenvalue weighted by molar-refractivity contribution is -0.144. The third kappa shape index (κ3) is 7.93. The summed E-state index contributed by atoms with van der Waals surface area (Å²) in [4.78, 5) is 40.1. The van der Waals surface area contributed by atoms with Gasteiger partial charge in [-0.15, -0.1) is 0 Å². The Morgan fingerprint density at radius 2 is 1.77 bits per heavy atom. The summed E-state index contributed by atoms with van der Waals surface area (Å²) in [5, 5.41) is 2.50. The maximum atomic E-state index is 14.3. The highest BCUT2D eigenvalue weighted by atomic mass is 19.4. The zero-order chi connectivity index (χ0) is 32.0. The molecule has 2 atom stereocenters. The molecule has 1 aliphatic heterocycles. The van der Waals surface area contributed by atoms with Crippen LogP contribution < -0.4 is 10.1 Å². The van der Waals surface area contributed by atoms with Gasteiger partial charge < -0.3 is 19.5 Å². The van der Waals surface area contributed by atoms with Crippen LogP contribution in [0.3, 0.4) is 0 Å². The van der Waals surface area contributed by atoms with E-state index in [0.717, 1.165) is 16.5 Å². The van der Waals surface area contributed by atoms with Crippen LogP contribution in [0, 0.1) is 5.82 Å². The van der Waals surface area contributed by atoms with Gasteiger partial charge in [-0.3, -0.25) is 9.59 Å². The molecule has 12 heteroatoms. The standard InChI is InChI=1S/C32H32F4N2O6/c1-19(2)44-28(30(40)38-24(18-43-31(38)41)14-20-7-5-4-6-8-20)15-21-9-12-27(42-3)22(13-21)17-37-29(39)25-11-10-23(16-26(25)33)32(34,35)36/h4-13,16,19,24,28H,14-15,17-18H2,1-3H3,(H,37,39)/t24-,28?/m0/s1. The molecule has 0 radical (unpaired) electrons. The highest BCUT2D eigenvalue weighted by molar-refractivity contribution is 5.96. The van der Waals surface area contributed by atoms with Crippen molar-refractivity contribution < 1.29 is 46.2 Å². The van der Waals surface area contributed by atoms with Crippen LogP contribution in [0.15, 0.2) is 66.7 Å². The SMILES string of the molecule is COc1ccc(CC(OC(C)C)C(=O)N2C(=O)OC[C@@H]2Cc2ccccc2)cc1CNC(=O)c1ccc(C(F)(F)F)cc1F. The Morgan fingerprint density at radius 3 is 2.41 bits per heavy atom. The van der Waals surface area contributed by atoms with Crippen molar-refractivity contribution in [2.75, 3.05) is 13.7 Å². The fourth-order valence-corrected chi connectivity index (χ4v) is 4.90. The molecular weight excluding hydrogens is 584 g/mol. The number of hydrogen-bond acceptors (Lipinski definition) is 6. The minimum Gasteiger partial charge on any atom is -0.496 e. The summed E-state index contributed by atoms with van der Waals surface area (Å²) in [5.74, 6) is -2.40. The maximum absolute atomic E-state index is 14.3. The number of hydrogen-bond donors (Lipinski definition) is 1. The lowest BCUT2D eigenvalue weighted by Gasteiger charge is -2.26. The first-order valence-electron chi connectivity index (χ1n) is 13.9. The fraction of sp³-hybridized carbons (Fsp3) is 0.344. The average Bonchev–Trinajstić information content (AvgIpc) is 3.34. The predicted molar refractivity (Wildman–Crippen MR) is 151 cm³/mol. The highest BCUT2D eigenvalue weighted by Gasteiger charge is 2.41. The number of rotatable bonds is 11. The van der Waals surface area contributed by atoms with E-state index in [4.69, 9.17) is 14.2 Å². The first-order valence-corrected chi connectivity index (χ1v) is 13.9. The van der Waals surface area contributed by atoms with Gasteiger partial charge in [0, 0.05) is 18.5 Å². The van der Waals surface area contributed by atoms with Crippen LogP contribution in [0.25, 0.3) is 0 Å². The number of nitrogens with one attached hydrogen (secondary N) is 1. The predicted octanol–water partition coefficient (Wildman–Crippen LogP) is 5.71. The Labute approximate surface area is 251 Å². The number of benzene rings is 3. The number of nitrogens with zero attached hydrogens (tertiary/aromatic N) is 1. The monoisotopic (exact) mass is 616 g/mol. The van der Waals surface area contributed by atoms with E-state index in [1.807, 2.05) is 30.3 Å². The van der Waals surface area contributed by atoms with Crippen LogP contribution in [0.4, 0.5) is 22.4 Å². The van der Waals surface area contributed by atoms with E-state index in [-0.39, 0.29) is 31.7 Å². The van der Waals surface area contributed by atoms with E-state index < -0.39 is 53.2 Å². The van der Waals surface area contributed by atoms with Gasteiger partial charge in [0.2, 0.25) is 0 Å². The van der Waals surface area contributed by atoms with Gasteiger partial charge in [0.1, 0.15) is 24.3 Å². The molecule has 234 valence electrons. The van der Waals surface area contributed by atoms with E-state index in [2.05, 4.69) is 5.32 Å². The van der Waals surface area contributed by atoms with Crippen LogP contribution in [-0.2, 0) is 39.8 Å². The summed E-state index contributed by atoms with van der Waals surface area (Å²) >= 11 is 0. The number of carbonyl (C=O) groups is 3. The molecule has 0 aromatic heterocycles. The number of amides is 3. The van der Waals surface area contributed by atoms with Gasteiger partial charge in [0.05, 0.1) is 30.4 Å². The van der Waals surface area contributed by atoms with Gasteiger partial charge in [-0.1, -0.05) is 42.5 Å².